The third-order valence-electron chi connectivity index (χ3n) is 5.52. The number of aryl methyl sites for hydroxylation is 1. The molecule has 7 heteroatoms. The molecule has 178 valence electrons. The molecule has 1 unspecified atom stereocenters. The van der Waals surface area contributed by atoms with Crippen LogP contribution in [0, 0.1) is 0 Å². The first-order valence-electron chi connectivity index (χ1n) is 11.1. The molecule has 0 spiro atoms. The lowest BCUT2D eigenvalue weighted by Crippen LogP contribution is -2.51. The highest BCUT2D eigenvalue weighted by Gasteiger charge is 2.30. The Morgan fingerprint density at radius 2 is 1.74 bits per heavy atom. The van der Waals surface area contributed by atoms with E-state index in [1.54, 1.807) is 24.1 Å². The third kappa shape index (κ3) is 7.08. The van der Waals surface area contributed by atoms with Crippen LogP contribution < -0.4 is 10.1 Å². The molecule has 0 aromatic heterocycles. The van der Waals surface area contributed by atoms with E-state index in [9.17, 15) is 9.59 Å². The van der Waals surface area contributed by atoms with E-state index in [0.717, 1.165) is 27.6 Å². The van der Waals surface area contributed by atoms with Gasteiger partial charge in [-0.1, -0.05) is 67.1 Å². The largest absolute Gasteiger partial charge is 0.483 e. The van der Waals surface area contributed by atoms with Crippen molar-refractivity contribution in [2.24, 2.45) is 0 Å². The van der Waals surface area contributed by atoms with Gasteiger partial charge in [0.25, 0.3) is 5.91 Å². The molecule has 0 fully saturated rings. The number of likely N-dealkylation sites (N-methyl/N-ethyl adjacent to an activating group) is 1. The fourth-order valence-corrected chi connectivity index (χ4v) is 4.41. The Labute approximate surface area is 214 Å². The summed E-state index contributed by atoms with van der Waals surface area (Å²) in [6, 6.07) is 22.0. The number of carbonyl (C=O) groups excluding carboxylic acids is 2. The second kappa shape index (κ2) is 12.6. The molecule has 0 radical (unpaired) electrons. The summed E-state index contributed by atoms with van der Waals surface area (Å²) in [5.74, 6) is 0.0384. The Morgan fingerprint density at radius 1 is 1.00 bits per heavy atom. The first kappa shape index (κ1) is 25.8. The van der Waals surface area contributed by atoms with Crippen LogP contribution in [0.1, 0.15) is 23.6 Å². The number of benzene rings is 3. The summed E-state index contributed by atoms with van der Waals surface area (Å²) < 4.78 is 6.64. The van der Waals surface area contributed by atoms with E-state index < -0.39 is 6.04 Å². The smallest absolute Gasteiger partial charge is 0.261 e. The number of nitrogens with zero attached hydrogens (tertiary/aromatic N) is 1. The van der Waals surface area contributed by atoms with Crippen LogP contribution in [0.25, 0.3) is 0 Å². The Balaban J connectivity index is 1.87. The van der Waals surface area contributed by atoms with E-state index in [0.29, 0.717) is 17.2 Å². The molecule has 0 aliphatic carbocycles. The van der Waals surface area contributed by atoms with Gasteiger partial charge in [0.15, 0.2) is 6.61 Å². The van der Waals surface area contributed by atoms with Gasteiger partial charge in [0, 0.05) is 25.0 Å². The topological polar surface area (TPSA) is 58.6 Å². The molecule has 1 atom stereocenters. The minimum Gasteiger partial charge on any atom is -0.483 e. The number of halogens is 2. The lowest BCUT2D eigenvalue weighted by molar-refractivity contribution is -0.142. The van der Waals surface area contributed by atoms with Crippen LogP contribution in [-0.4, -0.2) is 36.4 Å². The first-order chi connectivity index (χ1) is 16.4. The lowest BCUT2D eigenvalue weighted by Gasteiger charge is -2.31. The summed E-state index contributed by atoms with van der Waals surface area (Å²) in [4.78, 5) is 28.0. The summed E-state index contributed by atoms with van der Waals surface area (Å²) in [5.41, 5.74) is 2.95. The monoisotopic (exact) mass is 542 g/mol. The van der Waals surface area contributed by atoms with Gasteiger partial charge in [0.05, 0.1) is 4.47 Å². The first-order valence-corrected chi connectivity index (χ1v) is 12.3. The highest BCUT2D eigenvalue weighted by molar-refractivity contribution is 9.10. The predicted molar refractivity (Wildman–Crippen MR) is 139 cm³/mol. The lowest BCUT2D eigenvalue weighted by atomic mass is 10.0. The summed E-state index contributed by atoms with van der Waals surface area (Å²) in [6.45, 7) is 2.10. The molecule has 3 aromatic carbocycles. The molecule has 0 heterocycles. The van der Waals surface area contributed by atoms with Gasteiger partial charge in [-0.15, -0.1) is 0 Å². The van der Waals surface area contributed by atoms with E-state index in [-0.39, 0.29) is 25.0 Å². The second-order valence-corrected chi connectivity index (χ2v) is 9.17. The van der Waals surface area contributed by atoms with Crippen LogP contribution in [-0.2, 0) is 29.0 Å². The molecule has 0 saturated carbocycles. The molecular weight excluding hydrogens is 516 g/mol. The highest BCUT2D eigenvalue weighted by Crippen LogP contribution is 2.26. The molecule has 3 aromatic rings. The maximum absolute atomic E-state index is 13.5. The number of carbonyl (C=O) groups is 2. The van der Waals surface area contributed by atoms with Gasteiger partial charge >= 0.3 is 0 Å². The van der Waals surface area contributed by atoms with Crippen LogP contribution >= 0.6 is 27.5 Å². The van der Waals surface area contributed by atoms with E-state index in [2.05, 4.69) is 28.2 Å². The predicted octanol–water partition coefficient (Wildman–Crippen LogP) is 5.43. The Bertz CT molecular complexity index is 1120. The van der Waals surface area contributed by atoms with E-state index >= 15 is 0 Å². The number of nitrogens with one attached hydrogen (secondary N) is 1. The number of hydrogen-bond acceptors (Lipinski definition) is 3. The van der Waals surface area contributed by atoms with Crippen molar-refractivity contribution in [1.29, 1.82) is 0 Å². The van der Waals surface area contributed by atoms with Crippen molar-refractivity contribution in [2.75, 3.05) is 13.7 Å². The Morgan fingerprint density at radius 3 is 2.38 bits per heavy atom. The summed E-state index contributed by atoms with van der Waals surface area (Å²) in [5, 5.41) is 3.28. The molecule has 0 aliphatic rings. The van der Waals surface area contributed by atoms with Crippen LogP contribution in [0.3, 0.4) is 0 Å². The average Bonchev–Trinajstić information content (AvgIpc) is 2.85. The quantitative estimate of drug-likeness (QED) is 0.371. The van der Waals surface area contributed by atoms with Crippen molar-refractivity contribution in [1.82, 2.24) is 10.2 Å². The summed E-state index contributed by atoms with van der Waals surface area (Å²) in [6.07, 6.45) is 1.28. The van der Waals surface area contributed by atoms with Crippen LogP contribution in [0.15, 0.2) is 77.3 Å². The number of ether oxygens (including phenoxy) is 1. The van der Waals surface area contributed by atoms with Crippen molar-refractivity contribution >= 4 is 39.3 Å². The maximum Gasteiger partial charge on any atom is 0.261 e. The zero-order chi connectivity index (χ0) is 24.5. The van der Waals surface area contributed by atoms with Gasteiger partial charge in [-0.3, -0.25) is 9.59 Å². The van der Waals surface area contributed by atoms with Gasteiger partial charge < -0.3 is 15.0 Å². The number of amides is 2. The molecule has 34 heavy (non-hydrogen) atoms. The zero-order valence-corrected chi connectivity index (χ0v) is 21.6. The zero-order valence-electron chi connectivity index (χ0n) is 19.3. The van der Waals surface area contributed by atoms with Crippen LogP contribution in [0.5, 0.6) is 5.75 Å². The summed E-state index contributed by atoms with van der Waals surface area (Å²) >= 11 is 9.69. The molecule has 5 nitrogen and oxygen atoms in total. The van der Waals surface area contributed by atoms with Crippen molar-refractivity contribution in [3.05, 3.63) is 99.0 Å². The number of rotatable bonds is 10. The van der Waals surface area contributed by atoms with Crippen LogP contribution in [0.2, 0.25) is 5.02 Å². The Hall–Kier alpha value is -2.83. The van der Waals surface area contributed by atoms with Gasteiger partial charge in [-0.05, 0) is 63.3 Å². The minimum absolute atomic E-state index is 0.201. The van der Waals surface area contributed by atoms with Crippen molar-refractivity contribution in [2.45, 2.75) is 32.4 Å². The van der Waals surface area contributed by atoms with E-state index in [1.165, 1.54) is 0 Å². The normalized spacial score (nSPS) is 11.5. The van der Waals surface area contributed by atoms with E-state index in [1.807, 2.05) is 60.7 Å². The SMILES string of the molecule is CCc1ccc(OCC(=O)N(Cc2cccc(Cl)c2)C(Cc2ccccc2)C(=O)NC)c(Br)c1. The molecule has 0 bridgehead atoms. The fraction of sp³-hybridized carbons (Fsp3) is 0.259. The molecular formula is C27H28BrClN2O3. The van der Waals surface area contributed by atoms with Gasteiger partial charge in [0.2, 0.25) is 5.91 Å². The fourth-order valence-electron chi connectivity index (χ4n) is 3.66. The standard InChI is InChI=1S/C27H28BrClN2O3/c1-3-19-12-13-25(23(28)15-19)34-18-26(32)31(17-21-10-7-11-22(29)14-21)24(27(33)30-2)16-20-8-5-4-6-9-20/h4-15,24H,3,16-18H2,1-2H3,(H,30,33). The van der Waals surface area contributed by atoms with Gasteiger partial charge in [-0.2, -0.15) is 0 Å². The summed E-state index contributed by atoms with van der Waals surface area (Å²) in [7, 11) is 1.57. The maximum atomic E-state index is 13.5. The minimum atomic E-state index is -0.714. The van der Waals surface area contributed by atoms with Gasteiger partial charge in [-0.25, -0.2) is 0 Å². The van der Waals surface area contributed by atoms with Crippen molar-refractivity contribution in [3.8, 4) is 5.75 Å². The molecule has 3 rings (SSSR count). The van der Waals surface area contributed by atoms with Crippen LogP contribution in [0.4, 0.5) is 0 Å². The third-order valence-corrected chi connectivity index (χ3v) is 6.37. The molecule has 2 amide bonds. The molecule has 0 aliphatic heterocycles. The van der Waals surface area contributed by atoms with Crippen molar-refractivity contribution < 1.29 is 14.3 Å². The van der Waals surface area contributed by atoms with Crippen molar-refractivity contribution in [3.63, 3.8) is 0 Å². The Kier molecular flexibility index (Phi) is 9.54. The average molecular weight is 544 g/mol. The molecule has 0 saturated heterocycles. The highest BCUT2D eigenvalue weighted by atomic mass is 79.9. The van der Waals surface area contributed by atoms with Gasteiger partial charge in [0.1, 0.15) is 11.8 Å². The molecule has 1 N–H and O–H groups in total. The second-order valence-electron chi connectivity index (χ2n) is 7.88. The number of hydrogen-bond donors (Lipinski definition) is 1. The van der Waals surface area contributed by atoms with E-state index in [4.69, 9.17) is 16.3 Å².